The van der Waals surface area contributed by atoms with E-state index in [-0.39, 0.29) is 5.78 Å². The number of carbonyl (C=O) groups excluding carboxylic acids is 3. The maximum absolute atomic E-state index is 12.4. The molecule has 7 heteroatoms. The fraction of sp³-hybridized carbons (Fsp3) is 0.286. The molecule has 1 fully saturated rings. The van der Waals surface area contributed by atoms with E-state index in [1.54, 1.807) is 36.4 Å². The van der Waals surface area contributed by atoms with Gasteiger partial charge in [-0.05, 0) is 43.7 Å². The van der Waals surface area contributed by atoms with E-state index in [1.165, 1.54) is 19.4 Å². The van der Waals surface area contributed by atoms with E-state index >= 15 is 0 Å². The van der Waals surface area contributed by atoms with Crippen molar-refractivity contribution in [3.8, 4) is 0 Å². The number of amides is 1. The van der Waals surface area contributed by atoms with Gasteiger partial charge in [0.2, 0.25) is 0 Å². The van der Waals surface area contributed by atoms with Gasteiger partial charge in [-0.1, -0.05) is 24.3 Å². The van der Waals surface area contributed by atoms with Gasteiger partial charge in [-0.3, -0.25) is 9.59 Å². The van der Waals surface area contributed by atoms with Crippen molar-refractivity contribution in [3.05, 3.63) is 65.2 Å². The number of hydrogen-bond donors (Lipinski definition) is 1. The molecule has 0 aromatic heterocycles. The Morgan fingerprint density at radius 3 is 2.32 bits per heavy atom. The van der Waals surface area contributed by atoms with Crippen LogP contribution >= 0.6 is 23.5 Å². The minimum Gasteiger partial charge on any atom is -0.449 e. The molecule has 2 aromatic rings. The summed E-state index contributed by atoms with van der Waals surface area (Å²) in [5.41, 5.74) is 2.39. The maximum atomic E-state index is 12.4. The summed E-state index contributed by atoms with van der Waals surface area (Å²) in [5.74, 6) is 1.08. The summed E-state index contributed by atoms with van der Waals surface area (Å²) in [7, 11) is 0. The van der Waals surface area contributed by atoms with Crippen LogP contribution < -0.4 is 5.32 Å². The highest BCUT2D eigenvalue weighted by Gasteiger charge is 2.22. The van der Waals surface area contributed by atoms with Crippen LogP contribution in [-0.4, -0.2) is 35.3 Å². The fourth-order valence-electron chi connectivity index (χ4n) is 2.74. The molecule has 0 aliphatic carbocycles. The van der Waals surface area contributed by atoms with Crippen LogP contribution in [0.3, 0.4) is 0 Å². The predicted molar refractivity (Wildman–Crippen MR) is 114 cm³/mol. The van der Waals surface area contributed by atoms with E-state index in [2.05, 4.69) is 5.32 Å². The van der Waals surface area contributed by atoms with Crippen LogP contribution in [0, 0.1) is 0 Å². The first-order valence-electron chi connectivity index (χ1n) is 8.90. The smallest absolute Gasteiger partial charge is 0.338 e. The zero-order valence-electron chi connectivity index (χ0n) is 15.6. The van der Waals surface area contributed by atoms with E-state index in [1.807, 2.05) is 35.7 Å². The Balaban J connectivity index is 1.60. The molecule has 1 aliphatic heterocycles. The molecule has 0 radical (unpaired) electrons. The second kappa shape index (κ2) is 9.30. The van der Waals surface area contributed by atoms with Crippen molar-refractivity contribution in [1.29, 1.82) is 0 Å². The van der Waals surface area contributed by atoms with Gasteiger partial charge in [-0.15, -0.1) is 23.5 Å². The van der Waals surface area contributed by atoms with Crippen LogP contribution in [-0.2, 0) is 9.53 Å². The van der Waals surface area contributed by atoms with Crippen LogP contribution in [0.15, 0.2) is 48.5 Å². The standard InChI is InChI=1S/C21H21NO4S2/c1-13(23)17-5-3-4-6-18(17)22-19(24)14(2)26-20(25)15-7-9-16(10-8-15)21-27-11-12-28-21/h3-10,14,21H,11-12H2,1-2H3,(H,22,24)/t14-/m1/s1. The Bertz CT molecular complexity index is 876. The molecule has 0 bridgehead atoms. The Hall–Kier alpha value is -2.25. The van der Waals surface area contributed by atoms with E-state index in [9.17, 15) is 14.4 Å². The number of carbonyl (C=O) groups is 3. The fourth-order valence-corrected chi connectivity index (χ4v) is 5.60. The molecule has 146 valence electrons. The van der Waals surface area contributed by atoms with Crippen LogP contribution in [0.1, 0.15) is 44.7 Å². The lowest BCUT2D eigenvalue weighted by atomic mass is 10.1. The number of hydrogen-bond acceptors (Lipinski definition) is 6. The van der Waals surface area contributed by atoms with Gasteiger partial charge in [0.1, 0.15) is 0 Å². The normalized spacial score (nSPS) is 15.1. The van der Waals surface area contributed by atoms with E-state index in [0.717, 1.165) is 11.5 Å². The van der Waals surface area contributed by atoms with Crippen molar-refractivity contribution in [2.75, 3.05) is 16.8 Å². The summed E-state index contributed by atoms with van der Waals surface area (Å²) >= 11 is 3.80. The molecule has 2 aromatic carbocycles. The molecule has 1 atom stereocenters. The molecule has 1 amide bonds. The molecule has 0 saturated carbocycles. The van der Waals surface area contributed by atoms with Crippen LogP contribution in [0.4, 0.5) is 5.69 Å². The number of benzene rings is 2. The average Bonchev–Trinajstić information content (AvgIpc) is 3.23. The highest BCUT2D eigenvalue weighted by Crippen LogP contribution is 2.45. The van der Waals surface area contributed by atoms with Gasteiger partial charge in [0.25, 0.3) is 5.91 Å². The molecule has 1 aliphatic rings. The summed E-state index contributed by atoms with van der Waals surface area (Å²) < 4.78 is 5.70. The van der Waals surface area contributed by atoms with Crippen molar-refractivity contribution in [3.63, 3.8) is 0 Å². The van der Waals surface area contributed by atoms with E-state index in [0.29, 0.717) is 21.4 Å². The quantitative estimate of drug-likeness (QED) is 0.551. The third-order valence-corrected chi connectivity index (χ3v) is 7.36. The number of nitrogens with one attached hydrogen (secondary N) is 1. The molecule has 5 nitrogen and oxygen atoms in total. The number of anilines is 1. The highest BCUT2D eigenvalue weighted by molar-refractivity contribution is 8.19. The van der Waals surface area contributed by atoms with Crippen molar-refractivity contribution in [2.45, 2.75) is 24.5 Å². The first-order valence-corrected chi connectivity index (χ1v) is 11.0. The number of Topliss-reactive ketones (excluding diaryl/α,β-unsaturated/α-hetero) is 1. The molecule has 0 spiro atoms. The Labute approximate surface area is 172 Å². The molecule has 1 saturated heterocycles. The van der Waals surface area contributed by atoms with Crippen molar-refractivity contribution < 1.29 is 19.1 Å². The number of para-hydroxylation sites is 1. The van der Waals surface area contributed by atoms with Crippen molar-refractivity contribution >= 4 is 46.9 Å². The monoisotopic (exact) mass is 415 g/mol. The first kappa shape index (κ1) is 20.5. The van der Waals surface area contributed by atoms with Gasteiger partial charge in [-0.2, -0.15) is 0 Å². The molecule has 1 heterocycles. The molecular formula is C21H21NO4S2. The Morgan fingerprint density at radius 1 is 1.04 bits per heavy atom. The van der Waals surface area contributed by atoms with Crippen LogP contribution in [0.25, 0.3) is 0 Å². The Morgan fingerprint density at radius 2 is 1.68 bits per heavy atom. The summed E-state index contributed by atoms with van der Waals surface area (Å²) in [6, 6.07) is 14.0. The molecule has 0 unspecified atom stereocenters. The maximum Gasteiger partial charge on any atom is 0.338 e. The largest absolute Gasteiger partial charge is 0.449 e. The summed E-state index contributed by atoms with van der Waals surface area (Å²) in [5, 5.41) is 2.65. The predicted octanol–water partition coefficient (Wildman–Crippen LogP) is 4.55. The number of ether oxygens (including phenoxy) is 1. The summed E-state index contributed by atoms with van der Waals surface area (Å²) in [6.07, 6.45) is -0.992. The minimum absolute atomic E-state index is 0.153. The van der Waals surface area contributed by atoms with E-state index in [4.69, 9.17) is 4.74 Å². The third kappa shape index (κ3) is 4.97. The lowest BCUT2D eigenvalue weighted by molar-refractivity contribution is -0.123. The Kier molecular flexibility index (Phi) is 6.80. The zero-order chi connectivity index (χ0) is 20.1. The number of ketones is 1. The van der Waals surface area contributed by atoms with Gasteiger partial charge in [0, 0.05) is 17.1 Å². The summed E-state index contributed by atoms with van der Waals surface area (Å²) in [4.78, 5) is 36.4. The zero-order valence-corrected chi connectivity index (χ0v) is 17.3. The molecule has 28 heavy (non-hydrogen) atoms. The topological polar surface area (TPSA) is 72.5 Å². The lowest BCUT2D eigenvalue weighted by Crippen LogP contribution is -2.30. The lowest BCUT2D eigenvalue weighted by Gasteiger charge is -2.15. The number of esters is 1. The number of thioether (sulfide) groups is 2. The van der Waals surface area contributed by atoms with Crippen molar-refractivity contribution in [2.24, 2.45) is 0 Å². The average molecular weight is 416 g/mol. The first-order chi connectivity index (χ1) is 13.5. The van der Waals surface area contributed by atoms with Gasteiger partial charge < -0.3 is 10.1 Å². The summed E-state index contributed by atoms with van der Waals surface area (Å²) in [6.45, 7) is 2.94. The minimum atomic E-state index is -0.992. The number of rotatable bonds is 6. The molecular weight excluding hydrogens is 394 g/mol. The second-order valence-electron chi connectivity index (χ2n) is 6.33. The van der Waals surface area contributed by atoms with E-state index < -0.39 is 18.0 Å². The molecule has 1 N–H and O–H groups in total. The highest BCUT2D eigenvalue weighted by atomic mass is 32.2. The van der Waals surface area contributed by atoms with Gasteiger partial charge in [0.05, 0.1) is 15.8 Å². The second-order valence-corrected chi connectivity index (χ2v) is 9.06. The van der Waals surface area contributed by atoms with Crippen LogP contribution in [0.2, 0.25) is 0 Å². The third-order valence-electron chi connectivity index (χ3n) is 4.26. The van der Waals surface area contributed by atoms with Gasteiger partial charge >= 0.3 is 5.97 Å². The molecule has 3 rings (SSSR count). The van der Waals surface area contributed by atoms with Crippen molar-refractivity contribution in [1.82, 2.24) is 0 Å². The van der Waals surface area contributed by atoms with Crippen LogP contribution in [0.5, 0.6) is 0 Å². The SMILES string of the molecule is CC(=O)c1ccccc1NC(=O)[C@@H](C)OC(=O)c1ccc(C2SCCS2)cc1. The van der Waals surface area contributed by atoms with Gasteiger partial charge in [-0.25, -0.2) is 4.79 Å². The van der Waals surface area contributed by atoms with Gasteiger partial charge in [0.15, 0.2) is 11.9 Å².